The number of hydrogen-bond acceptors (Lipinski definition) is 3. The van der Waals surface area contributed by atoms with Crippen LogP contribution in [0.25, 0.3) is 0 Å². The van der Waals surface area contributed by atoms with E-state index in [4.69, 9.17) is 5.73 Å². The van der Waals surface area contributed by atoms with E-state index in [1.54, 1.807) is 12.4 Å². The van der Waals surface area contributed by atoms with E-state index in [-0.39, 0.29) is 5.82 Å². The highest BCUT2D eigenvalue weighted by molar-refractivity contribution is 9.10. The van der Waals surface area contributed by atoms with Gasteiger partial charge in [-0.25, -0.2) is 4.39 Å². The number of aryl methyl sites for hydroxylation is 1. The Morgan fingerprint density at radius 3 is 2.71 bits per heavy atom. The molecule has 0 amide bonds. The summed E-state index contributed by atoms with van der Waals surface area (Å²) in [5.74, 6) is -0.281. The van der Waals surface area contributed by atoms with E-state index >= 15 is 0 Å². The zero-order valence-electron chi connectivity index (χ0n) is 9.17. The number of pyridine rings is 1. The number of rotatable bonds is 2. The van der Waals surface area contributed by atoms with Crippen LogP contribution in [0.4, 0.5) is 21.5 Å². The SMILES string of the molecule is Cc1cc(F)cc(Nc2c(N)cncc2Br)c1. The van der Waals surface area contributed by atoms with Crippen LogP contribution < -0.4 is 11.1 Å². The Kier molecular flexibility index (Phi) is 3.28. The maximum Gasteiger partial charge on any atom is 0.125 e. The molecule has 0 radical (unpaired) electrons. The normalized spacial score (nSPS) is 10.3. The predicted octanol–water partition coefficient (Wildman–Crippen LogP) is 3.62. The Labute approximate surface area is 107 Å². The van der Waals surface area contributed by atoms with Crippen LogP contribution in [0.2, 0.25) is 0 Å². The summed E-state index contributed by atoms with van der Waals surface area (Å²) in [6.45, 7) is 1.83. The van der Waals surface area contributed by atoms with Crippen molar-refractivity contribution in [2.24, 2.45) is 0 Å². The zero-order valence-corrected chi connectivity index (χ0v) is 10.8. The summed E-state index contributed by atoms with van der Waals surface area (Å²) in [4.78, 5) is 3.94. The minimum Gasteiger partial charge on any atom is -0.396 e. The van der Waals surface area contributed by atoms with Crippen LogP contribution in [0.15, 0.2) is 35.1 Å². The summed E-state index contributed by atoms with van der Waals surface area (Å²) in [5, 5.41) is 3.07. The minimum absolute atomic E-state index is 0.281. The van der Waals surface area contributed by atoms with Crippen molar-refractivity contribution in [3.8, 4) is 0 Å². The molecule has 0 aliphatic rings. The number of aromatic nitrogens is 1. The third-order valence-corrected chi connectivity index (χ3v) is 2.84. The van der Waals surface area contributed by atoms with Gasteiger partial charge in [-0.05, 0) is 46.6 Å². The van der Waals surface area contributed by atoms with E-state index < -0.39 is 0 Å². The van der Waals surface area contributed by atoms with Gasteiger partial charge in [0, 0.05) is 11.9 Å². The summed E-state index contributed by atoms with van der Waals surface area (Å²) in [6.07, 6.45) is 3.17. The molecule has 0 saturated heterocycles. The molecular weight excluding hydrogens is 285 g/mol. The number of nitrogens with zero attached hydrogens (tertiary/aromatic N) is 1. The van der Waals surface area contributed by atoms with Gasteiger partial charge in [0.1, 0.15) is 5.82 Å². The lowest BCUT2D eigenvalue weighted by Crippen LogP contribution is -1.99. The molecule has 2 rings (SSSR count). The van der Waals surface area contributed by atoms with Crippen LogP contribution >= 0.6 is 15.9 Å². The van der Waals surface area contributed by atoms with Crippen molar-refractivity contribution >= 4 is 33.0 Å². The molecule has 17 heavy (non-hydrogen) atoms. The van der Waals surface area contributed by atoms with Gasteiger partial charge in [-0.15, -0.1) is 0 Å². The number of benzene rings is 1. The van der Waals surface area contributed by atoms with Crippen molar-refractivity contribution < 1.29 is 4.39 Å². The molecule has 0 unspecified atom stereocenters. The van der Waals surface area contributed by atoms with Crippen LogP contribution in [0.1, 0.15) is 5.56 Å². The van der Waals surface area contributed by atoms with E-state index in [9.17, 15) is 4.39 Å². The van der Waals surface area contributed by atoms with Gasteiger partial charge in [-0.1, -0.05) is 0 Å². The van der Waals surface area contributed by atoms with Crippen LogP contribution in [-0.4, -0.2) is 4.98 Å². The van der Waals surface area contributed by atoms with Crippen molar-refractivity contribution in [1.82, 2.24) is 4.98 Å². The summed E-state index contributed by atoms with van der Waals surface area (Å²) < 4.78 is 14.0. The van der Waals surface area contributed by atoms with Gasteiger partial charge in [0.2, 0.25) is 0 Å². The average molecular weight is 296 g/mol. The smallest absolute Gasteiger partial charge is 0.125 e. The molecule has 0 atom stereocenters. The van der Waals surface area contributed by atoms with Crippen molar-refractivity contribution in [2.75, 3.05) is 11.1 Å². The fourth-order valence-corrected chi connectivity index (χ4v) is 1.98. The number of halogens is 2. The van der Waals surface area contributed by atoms with Crippen LogP contribution in [0.3, 0.4) is 0 Å². The van der Waals surface area contributed by atoms with E-state index in [2.05, 4.69) is 26.2 Å². The third-order valence-electron chi connectivity index (χ3n) is 2.24. The molecular formula is C12H11BrFN3. The predicted molar refractivity (Wildman–Crippen MR) is 70.8 cm³/mol. The summed E-state index contributed by atoms with van der Waals surface area (Å²) in [6, 6.07) is 4.73. The molecule has 88 valence electrons. The molecule has 3 N–H and O–H groups in total. The molecule has 1 heterocycles. The highest BCUT2D eigenvalue weighted by Crippen LogP contribution is 2.30. The largest absolute Gasteiger partial charge is 0.396 e. The van der Waals surface area contributed by atoms with Crippen molar-refractivity contribution in [1.29, 1.82) is 0 Å². The van der Waals surface area contributed by atoms with Crippen LogP contribution in [0.5, 0.6) is 0 Å². The molecule has 0 fully saturated rings. The highest BCUT2D eigenvalue weighted by Gasteiger charge is 2.06. The first-order valence-electron chi connectivity index (χ1n) is 4.99. The fourth-order valence-electron chi connectivity index (χ4n) is 1.53. The molecule has 1 aromatic carbocycles. The van der Waals surface area contributed by atoms with Crippen LogP contribution in [0, 0.1) is 12.7 Å². The Morgan fingerprint density at radius 2 is 2.06 bits per heavy atom. The zero-order chi connectivity index (χ0) is 12.4. The monoisotopic (exact) mass is 295 g/mol. The number of nitrogen functional groups attached to an aromatic ring is 1. The van der Waals surface area contributed by atoms with E-state index in [0.717, 1.165) is 10.0 Å². The summed E-state index contributed by atoms with van der Waals surface area (Å²) in [5.41, 5.74) is 8.48. The number of nitrogens with one attached hydrogen (secondary N) is 1. The lowest BCUT2D eigenvalue weighted by Gasteiger charge is -2.11. The van der Waals surface area contributed by atoms with Crippen molar-refractivity contribution in [3.63, 3.8) is 0 Å². The topological polar surface area (TPSA) is 50.9 Å². The number of hydrogen-bond donors (Lipinski definition) is 2. The lowest BCUT2D eigenvalue weighted by atomic mass is 10.2. The quantitative estimate of drug-likeness (QED) is 0.890. The number of anilines is 3. The Balaban J connectivity index is 2.38. The molecule has 0 aliphatic carbocycles. The molecule has 2 aromatic rings. The first kappa shape index (κ1) is 11.9. The number of nitrogens with two attached hydrogens (primary N) is 1. The van der Waals surface area contributed by atoms with Gasteiger partial charge < -0.3 is 11.1 Å². The maximum atomic E-state index is 13.2. The molecule has 3 nitrogen and oxygen atoms in total. The second kappa shape index (κ2) is 4.71. The molecule has 0 bridgehead atoms. The van der Waals surface area contributed by atoms with Crippen molar-refractivity contribution in [3.05, 3.63) is 46.4 Å². The third kappa shape index (κ3) is 2.74. The molecule has 0 spiro atoms. The second-order valence-electron chi connectivity index (χ2n) is 3.73. The Morgan fingerprint density at radius 1 is 1.29 bits per heavy atom. The van der Waals surface area contributed by atoms with E-state index in [1.807, 2.05) is 13.0 Å². The van der Waals surface area contributed by atoms with E-state index in [0.29, 0.717) is 17.1 Å². The molecule has 5 heteroatoms. The minimum atomic E-state index is -0.281. The van der Waals surface area contributed by atoms with Gasteiger partial charge in [0.15, 0.2) is 0 Å². The fraction of sp³-hybridized carbons (Fsp3) is 0.0833. The summed E-state index contributed by atoms with van der Waals surface area (Å²) >= 11 is 3.34. The van der Waals surface area contributed by atoms with Crippen molar-refractivity contribution in [2.45, 2.75) is 6.92 Å². The average Bonchev–Trinajstić information content (AvgIpc) is 2.22. The van der Waals surface area contributed by atoms with Gasteiger partial charge in [-0.2, -0.15) is 0 Å². The molecule has 1 aromatic heterocycles. The highest BCUT2D eigenvalue weighted by atomic mass is 79.9. The Bertz CT molecular complexity index is 517. The molecule has 0 aliphatic heterocycles. The van der Waals surface area contributed by atoms with Gasteiger partial charge >= 0.3 is 0 Å². The molecule has 0 saturated carbocycles. The van der Waals surface area contributed by atoms with Crippen LogP contribution in [-0.2, 0) is 0 Å². The van der Waals surface area contributed by atoms with Gasteiger partial charge in [-0.3, -0.25) is 4.98 Å². The first-order chi connectivity index (χ1) is 8.06. The maximum absolute atomic E-state index is 13.2. The first-order valence-corrected chi connectivity index (χ1v) is 5.79. The Hall–Kier alpha value is -1.62. The second-order valence-corrected chi connectivity index (χ2v) is 4.58. The van der Waals surface area contributed by atoms with Gasteiger partial charge in [0.25, 0.3) is 0 Å². The van der Waals surface area contributed by atoms with E-state index in [1.165, 1.54) is 12.1 Å². The summed E-state index contributed by atoms with van der Waals surface area (Å²) in [7, 11) is 0. The van der Waals surface area contributed by atoms with Gasteiger partial charge in [0.05, 0.1) is 22.0 Å². The standard InChI is InChI=1S/C12H11BrFN3/c1-7-2-8(14)4-9(3-7)17-12-10(13)5-16-6-11(12)15/h2-6H,15H2,1H3,(H,16,17). The lowest BCUT2D eigenvalue weighted by molar-refractivity contribution is 0.627.